The lowest BCUT2D eigenvalue weighted by molar-refractivity contribution is 0.409. The predicted octanol–water partition coefficient (Wildman–Crippen LogP) is 2.64. The molecular formula is C11H12FNO. The lowest BCUT2D eigenvalue weighted by Crippen LogP contribution is -2.15. The summed E-state index contributed by atoms with van der Waals surface area (Å²) in [6.45, 7) is 3.36. The first-order valence-electron chi connectivity index (χ1n) is 4.26. The van der Waals surface area contributed by atoms with Crippen molar-refractivity contribution in [2.75, 3.05) is 7.11 Å². The second kappa shape index (κ2) is 3.67. The molecule has 0 radical (unpaired) electrons. The molecular weight excluding hydrogens is 181 g/mol. The zero-order valence-electron chi connectivity index (χ0n) is 8.47. The minimum Gasteiger partial charge on any atom is -0.497 e. The van der Waals surface area contributed by atoms with Gasteiger partial charge in [0, 0.05) is 11.6 Å². The molecule has 0 atom stereocenters. The van der Waals surface area contributed by atoms with Crippen molar-refractivity contribution in [3.63, 3.8) is 0 Å². The molecule has 14 heavy (non-hydrogen) atoms. The van der Waals surface area contributed by atoms with Crippen LogP contribution >= 0.6 is 0 Å². The average molecular weight is 193 g/mol. The molecule has 0 unspecified atom stereocenters. The number of hydrogen-bond acceptors (Lipinski definition) is 2. The highest BCUT2D eigenvalue weighted by Gasteiger charge is 2.23. The van der Waals surface area contributed by atoms with E-state index < -0.39 is 11.2 Å². The second-order valence-electron chi connectivity index (χ2n) is 3.58. The Bertz CT molecular complexity index is 379. The van der Waals surface area contributed by atoms with Gasteiger partial charge in [-0.15, -0.1) is 0 Å². The summed E-state index contributed by atoms with van der Waals surface area (Å²) in [6, 6.07) is 6.57. The van der Waals surface area contributed by atoms with E-state index in [2.05, 4.69) is 6.07 Å². The van der Waals surface area contributed by atoms with Gasteiger partial charge in [0.05, 0.1) is 18.6 Å². The summed E-state index contributed by atoms with van der Waals surface area (Å²) in [7, 11) is 1.48. The molecule has 0 amide bonds. The Morgan fingerprint density at radius 3 is 2.50 bits per heavy atom. The Balaban J connectivity index is 3.20. The number of rotatable bonds is 2. The summed E-state index contributed by atoms with van der Waals surface area (Å²) in [5, 5.41) is 8.85. The molecule has 0 fully saturated rings. The van der Waals surface area contributed by atoms with Crippen molar-refractivity contribution >= 4 is 0 Å². The van der Waals surface area contributed by atoms with Crippen LogP contribution in [0.15, 0.2) is 18.2 Å². The Morgan fingerprint density at radius 2 is 2.07 bits per heavy atom. The highest BCUT2D eigenvalue weighted by Crippen LogP contribution is 2.27. The Kier molecular flexibility index (Phi) is 2.76. The van der Waals surface area contributed by atoms with Crippen LogP contribution in [0, 0.1) is 17.1 Å². The van der Waals surface area contributed by atoms with E-state index in [1.54, 1.807) is 26.0 Å². The van der Waals surface area contributed by atoms with E-state index in [-0.39, 0.29) is 0 Å². The summed E-state index contributed by atoms with van der Waals surface area (Å²) < 4.78 is 18.4. The zero-order valence-corrected chi connectivity index (χ0v) is 8.47. The van der Waals surface area contributed by atoms with Gasteiger partial charge in [-0.2, -0.15) is 5.26 Å². The predicted molar refractivity (Wildman–Crippen MR) is 51.6 cm³/mol. The van der Waals surface area contributed by atoms with Crippen molar-refractivity contribution in [2.45, 2.75) is 19.3 Å². The average Bonchev–Trinajstić information content (AvgIpc) is 2.17. The molecule has 0 saturated carbocycles. The first kappa shape index (κ1) is 10.5. The van der Waals surface area contributed by atoms with E-state index >= 15 is 0 Å². The maximum Gasteiger partial charge on any atom is 0.131 e. The van der Waals surface area contributed by atoms with Crippen LogP contribution in [0.3, 0.4) is 0 Å². The number of halogens is 1. The second-order valence-corrected chi connectivity index (χ2v) is 3.58. The highest BCUT2D eigenvalue weighted by molar-refractivity contribution is 5.36. The summed E-state index contributed by atoms with van der Waals surface area (Å²) >= 11 is 0. The fraction of sp³-hybridized carbons (Fsp3) is 0.364. The highest BCUT2D eigenvalue weighted by atomic mass is 19.1. The van der Waals surface area contributed by atoms with Crippen LogP contribution < -0.4 is 4.74 Å². The maximum atomic E-state index is 13.5. The fourth-order valence-electron chi connectivity index (χ4n) is 1.19. The molecule has 0 aliphatic rings. The quantitative estimate of drug-likeness (QED) is 0.723. The lowest BCUT2D eigenvalue weighted by atomic mass is 9.86. The number of methoxy groups -OCH3 is 1. The van der Waals surface area contributed by atoms with Gasteiger partial charge in [0.25, 0.3) is 0 Å². The van der Waals surface area contributed by atoms with E-state index in [0.29, 0.717) is 11.3 Å². The molecule has 0 saturated heterocycles. The number of nitrogens with zero attached hydrogens (tertiary/aromatic N) is 1. The number of hydrogen-bond donors (Lipinski definition) is 0. The van der Waals surface area contributed by atoms with Crippen molar-refractivity contribution in [1.82, 2.24) is 0 Å². The normalized spacial score (nSPS) is 10.8. The Morgan fingerprint density at radius 1 is 1.43 bits per heavy atom. The monoisotopic (exact) mass is 193 g/mol. The SMILES string of the molecule is COc1ccc(C(C)(C)C#N)c(F)c1. The van der Waals surface area contributed by atoms with Gasteiger partial charge in [0.2, 0.25) is 0 Å². The first-order chi connectivity index (χ1) is 6.51. The van der Waals surface area contributed by atoms with Crippen molar-refractivity contribution in [1.29, 1.82) is 5.26 Å². The van der Waals surface area contributed by atoms with Crippen LogP contribution in [0.25, 0.3) is 0 Å². The summed E-state index contributed by atoms with van der Waals surface area (Å²) in [5.74, 6) is 0.0517. The van der Waals surface area contributed by atoms with E-state index in [1.165, 1.54) is 13.2 Å². The molecule has 2 nitrogen and oxygen atoms in total. The van der Waals surface area contributed by atoms with Crippen LogP contribution in [-0.4, -0.2) is 7.11 Å². The summed E-state index contributed by atoms with van der Waals surface area (Å²) in [6.07, 6.45) is 0. The Labute approximate surface area is 82.9 Å². The van der Waals surface area contributed by atoms with E-state index in [4.69, 9.17) is 10.00 Å². The summed E-state index contributed by atoms with van der Waals surface area (Å²) in [4.78, 5) is 0. The lowest BCUT2D eigenvalue weighted by Gasteiger charge is -2.16. The van der Waals surface area contributed by atoms with Gasteiger partial charge in [-0.1, -0.05) is 6.07 Å². The molecule has 74 valence electrons. The molecule has 0 aliphatic carbocycles. The molecule has 1 aromatic carbocycles. The van der Waals surface area contributed by atoms with Gasteiger partial charge in [-0.05, 0) is 19.9 Å². The third-order valence-corrected chi connectivity index (χ3v) is 2.13. The van der Waals surface area contributed by atoms with Crippen LogP contribution in [0.5, 0.6) is 5.75 Å². The summed E-state index contributed by atoms with van der Waals surface area (Å²) in [5.41, 5.74) is -0.420. The molecule has 0 spiro atoms. The molecule has 0 bridgehead atoms. The molecule has 1 rings (SSSR count). The van der Waals surface area contributed by atoms with Crippen LogP contribution in [0.4, 0.5) is 4.39 Å². The minimum absolute atomic E-state index is 0.390. The molecule has 0 N–H and O–H groups in total. The third-order valence-electron chi connectivity index (χ3n) is 2.13. The van der Waals surface area contributed by atoms with Crippen LogP contribution in [0.2, 0.25) is 0 Å². The van der Waals surface area contributed by atoms with Crippen LogP contribution in [-0.2, 0) is 5.41 Å². The minimum atomic E-state index is -0.809. The van der Waals surface area contributed by atoms with E-state index in [1.807, 2.05) is 0 Å². The largest absolute Gasteiger partial charge is 0.497 e. The van der Waals surface area contributed by atoms with E-state index in [9.17, 15) is 4.39 Å². The topological polar surface area (TPSA) is 33.0 Å². The molecule has 0 heterocycles. The standard InChI is InChI=1S/C11H12FNO/c1-11(2,7-13)9-5-4-8(14-3)6-10(9)12/h4-6H,1-3H3. The van der Waals surface area contributed by atoms with Gasteiger partial charge >= 0.3 is 0 Å². The van der Waals surface area contributed by atoms with Crippen molar-refractivity contribution in [3.05, 3.63) is 29.6 Å². The molecule has 1 aromatic rings. The molecule has 0 aliphatic heterocycles. The van der Waals surface area contributed by atoms with Crippen molar-refractivity contribution in [3.8, 4) is 11.8 Å². The molecule has 3 heteroatoms. The smallest absolute Gasteiger partial charge is 0.131 e. The van der Waals surface area contributed by atoms with Gasteiger partial charge in [-0.25, -0.2) is 4.39 Å². The van der Waals surface area contributed by atoms with Crippen molar-refractivity contribution in [2.24, 2.45) is 0 Å². The van der Waals surface area contributed by atoms with Crippen LogP contribution in [0.1, 0.15) is 19.4 Å². The van der Waals surface area contributed by atoms with Gasteiger partial charge in [0.1, 0.15) is 11.6 Å². The third kappa shape index (κ3) is 1.85. The number of ether oxygens (including phenoxy) is 1. The number of nitriles is 1. The zero-order chi connectivity index (χ0) is 10.8. The number of benzene rings is 1. The maximum absolute atomic E-state index is 13.5. The first-order valence-corrected chi connectivity index (χ1v) is 4.26. The van der Waals surface area contributed by atoms with Crippen molar-refractivity contribution < 1.29 is 9.13 Å². The van der Waals surface area contributed by atoms with Gasteiger partial charge in [0.15, 0.2) is 0 Å². The van der Waals surface area contributed by atoms with Gasteiger partial charge < -0.3 is 4.74 Å². The van der Waals surface area contributed by atoms with Gasteiger partial charge in [-0.3, -0.25) is 0 Å². The fourth-order valence-corrected chi connectivity index (χ4v) is 1.19. The molecule has 0 aromatic heterocycles. The Hall–Kier alpha value is -1.56. The van der Waals surface area contributed by atoms with E-state index in [0.717, 1.165) is 0 Å².